The first kappa shape index (κ1) is 16.0. The van der Waals surface area contributed by atoms with Crippen molar-refractivity contribution in [2.45, 2.75) is 25.9 Å². The van der Waals surface area contributed by atoms with Crippen molar-refractivity contribution in [2.24, 2.45) is 5.84 Å². The van der Waals surface area contributed by atoms with Crippen molar-refractivity contribution >= 4 is 15.9 Å². The number of halogens is 4. The van der Waals surface area contributed by atoms with Gasteiger partial charge in [-0.05, 0) is 40.0 Å². The van der Waals surface area contributed by atoms with Crippen molar-refractivity contribution < 1.29 is 13.2 Å². The molecule has 0 aliphatic carbocycles. The van der Waals surface area contributed by atoms with Gasteiger partial charge in [-0.1, -0.05) is 6.92 Å². The molecule has 2 aromatic rings. The van der Waals surface area contributed by atoms with Gasteiger partial charge in [-0.3, -0.25) is 10.5 Å². The fraction of sp³-hybridized carbons (Fsp3) is 0.308. The molecular weight excluding hydrogens is 349 g/mol. The normalized spacial score (nSPS) is 12.7. The monoisotopic (exact) mass is 362 g/mol. The van der Waals surface area contributed by atoms with Gasteiger partial charge < -0.3 is 0 Å². The topological polar surface area (TPSA) is 55.9 Å². The van der Waals surface area contributed by atoms with Crippen molar-refractivity contribution in [3.63, 3.8) is 0 Å². The molecule has 0 saturated heterocycles. The van der Waals surface area contributed by atoms with Crippen LogP contribution in [0.3, 0.4) is 0 Å². The third kappa shape index (κ3) is 3.12. The predicted octanol–water partition coefficient (Wildman–Crippen LogP) is 3.03. The molecule has 0 saturated carbocycles. The van der Waals surface area contributed by atoms with Crippen molar-refractivity contribution in [1.82, 2.24) is 15.2 Å². The SMILES string of the molecule is CCCn1ncc(Br)c1C(NN)c1cc(F)c(F)c(F)c1. The molecule has 0 radical (unpaired) electrons. The summed E-state index contributed by atoms with van der Waals surface area (Å²) >= 11 is 3.34. The minimum atomic E-state index is -1.50. The first-order chi connectivity index (χ1) is 9.99. The zero-order valence-electron chi connectivity index (χ0n) is 11.2. The molecule has 0 aliphatic heterocycles. The summed E-state index contributed by atoms with van der Waals surface area (Å²) in [7, 11) is 0. The van der Waals surface area contributed by atoms with Crippen LogP contribution in [0.5, 0.6) is 0 Å². The minimum absolute atomic E-state index is 0.174. The van der Waals surface area contributed by atoms with Gasteiger partial charge in [-0.2, -0.15) is 5.10 Å². The van der Waals surface area contributed by atoms with Crippen molar-refractivity contribution in [1.29, 1.82) is 0 Å². The Balaban J connectivity index is 2.52. The first-order valence-electron chi connectivity index (χ1n) is 6.31. The van der Waals surface area contributed by atoms with Crippen LogP contribution in [0.15, 0.2) is 22.8 Å². The van der Waals surface area contributed by atoms with Crippen LogP contribution in [0.4, 0.5) is 13.2 Å². The van der Waals surface area contributed by atoms with Crippen LogP contribution < -0.4 is 11.3 Å². The smallest absolute Gasteiger partial charge is 0.194 e. The Hall–Kier alpha value is -1.38. The van der Waals surface area contributed by atoms with E-state index in [9.17, 15) is 13.2 Å². The molecule has 114 valence electrons. The van der Waals surface area contributed by atoms with Gasteiger partial charge in [0.25, 0.3) is 0 Å². The summed E-state index contributed by atoms with van der Waals surface area (Å²) in [5.41, 5.74) is 3.28. The van der Waals surface area contributed by atoms with Crippen LogP contribution in [0.2, 0.25) is 0 Å². The molecule has 0 aliphatic rings. The van der Waals surface area contributed by atoms with E-state index in [1.807, 2.05) is 6.92 Å². The number of hydrazine groups is 1. The maximum absolute atomic E-state index is 13.4. The van der Waals surface area contributed by atoms with Crippen molar-refractivity contribution in [2.75, 3.05) is 0 Å². The lowest BCUT2D eigenvalue weighted by molar-refractivity contribution is 0.440. The maximum Gasteiger partial charge on any atom is 0.194 e. The van der Waals surface area contributed by atoms with Gasteiger partial charge in [-0.15, -0.1) is 0 Å². The van der Waals surface area contributed by atoms with Gasteiger partial charge >= 0.3 is 0 Å². The van der Waals surface area contributed by atoms with E-state index in [4.69, 9.17) is 5.84 Å². The molecule has 4 nitrogen and oxygen atoms in total. The van der Waals surface area contributed by atoms with E-state index in [0.29, 0.717) is 16.7 Å². The van der Waals surface area contributed by atoms with Crippen molar-refractivity contribution in [3.05, 3.63) is 51.5 Å². The quantitative estimate of drug-likeness (QED) is 0.488. The number of nitrogens with zero attached hydrogens (tertiary/aromatic N) is 2. The van der Waals surface area contributed by atoms with E-state index in [-0.39, 0.29) is 5.56 Å². The zero-order valence-corrected chi connectivity index (χ0v) is 12.8. The first-order valence-corrected chi connectivity index (χ1v) is 7.10. The van der Waals surface area contributed by atoms with E-state index in [1.165, 1.54) is 0 Å². The lowest BCUT2D eigenvalue weighted by Gasteiger charge is -2.19. The molecule has 0 bridgehead atoms. The Morgan fingerprint density at radius 3 is 2.48 bits per heavy atom. The summed E-state index contributed by atoms with van der Waals surface area (Å²) in [6.45, 7) is 2.59. The number of hydrogen-bond acceptors (Lipinski definition) is 3. The third-order valence-corrected chi connectivity index (χ3v) is 3.66. The number of aromatic nitrogens is 2. The van der Waals surface area contributed by atoms with Crippen LogP contribution in [0.25, 0.3) is 0 Å². The molecule has 0 spiro atoms. The average molecular weight is 363 g/mol. The summed E-state index contributed by atoms with van der Waals surface area (Å²) in [5.74, 6) is 1.49. The average Bonchev–Trinajstić information content (AvgIpc) is 2.79. The highest BCUT2D eigenvalue weighted by Gasteiger charge is 2.23. The second-order valence-corrected chi connectivity index (χ2v) is 5.35. The molecule has 1 aromatic heterocycles. The Morgan fingerprint density at radius 1 is 1.33 bits per heavy atom. The minimum Gasteiger partial charge on any atom is -0.271 e. The van der Waals surface area contributed by atoms with E-state index in [1.54, 1.807) is 10.9 Å². The summed E-state index contributed by atoms with van der Waals surface area (Å²) in [6, 6.07) is 1.11. The molecule has 1 unspecified atom stereocenters. The van der Waals surface area contributed by atoms with Gasteiger partial charge in [0, 0.05) is 6.54 Å². The molecule has 0 fully saturated rings. The summed E-state index contributed by atoms with van der Waals surface area (Å²) in [6.07, 6.45) is 2.40. The fourth-order valence-electron chi connectivity index (χ4n) is 2.12. The summed E-state index contributed by atoms with van der Waals surface area (Å²) < 4.78 is 42.2. The highest BCUT2D eigenvalue weighted by Crippen LogP contribution is 2.29. The Bertz CT molecular complexity index is 621. The second kappa shape index (κ2) is 6.59. The summed E-state index contributed by atoms with van der Waals surface area (Å²) in [5, 5.41) is 4.17. The second-order valence-electron chi connectivity index (χ2n) is 4.50. The number of hydrogen-bond donors (Lipinski definition) is 2. The number of rotatable bonds is 5. The molecule has 1 heterocycles. The zero-order chi connectivity index (χ0) is 15.6. The standard InChI is InChI=1S/C13H14BrF3N4/c1-2-3-21-13(8(14)6-19-21)12(20-18)7-4-9(15)11(17)10(16)5-7/h4-6,12,20H,2-3,18H2,1H3. The van der Waals surface area contributed by atoms with Crippen LogP contribution >= 0.6 is 15.9 Å². The van der Waals surface area contributed by atoms with Crippen LogP contribution in [0, 0.1) is 17.5 Å². The molecule has 1 atom stereocenters. The van der Waals surface area contributed by atoms with Gasteiger partial charge in [0.15, 0.2) is 17.5 Å². The van der Waals surface area contributed by atoms with Gasteiger partial charge in [0.1, 0.15) is 0 Å². The van der Waals surface area contributed by atoms with Gasteiger partial charge in [0.2, 0.25) is 0 Å². The Labute approximate surface area is 128 Å². The highest BCUT2D eigenvalue weighted by atomic mass is 79.9. The van der Waals surface area contributed by atoms with Gasteiger partial charge in [0.05, 0.1) is 22.4 Å². The third-order valence-electron chi connectivity index (χ3n) is 3.05. The molecule has 8 heteroatoms. The predicted molar refractivity (Wildman–Crippen MR) is 75.7 cm³/mol. The van der Waals surface area contributed by atoms with Gasteiger partial charge in [-0.25, -0.2) is 18.6 Å². The number of benzene rings is 1. The van der Waals surface area contributed by atoms with Crippen LogP contribution in [-0.4, -0.2) is 9.78 Å². The fourth-order valence-corrected chi connectivity index (χ4v) is 2.65. The number of aryl methyl sites for hydroxylation is 1. The van der Waals surface area contributed by atoms with Crippen LogP contribution in [0.1, 0.15) is 30.6 Å². The molecule has 0 amide bonds. The van der Waals surface area contributed by atoms with E-state index in [0.717, 1.165) is 18.6 Å². The lowest BCUT2D eigenvalue weighted by atomic mass is 10.0. The van der Waals surface area contributed by atoms with E-state index >= 15 is 0 Å². The molecule has 2 rings (SSSR count). The van der Waals surface area contributed by atoms with Crippen molar-refractivity contribution in [3.8, 4) is 0 Å². The number of nitrogens with two attached hydrogens (primary N) is 1. The molecule has 3 N–H and O–H groups in total. The van der Waals surface area contributed by atoms with E-state index < -0.39 is 23.5 Å². The highest BCUT2D eigenvalue weighted by molar-refractivity contribution is 9.10. The molecular formula is C13H14BrF3N4. The Kier molecular flexibility index (Phi) is 5.02. The Morgan fingerprint density at radius 2 is 1.95 bits per heavy atom. The van der Waals surface area contributed by atoms with E-state index in [2.05, 4.69) is 26.5 Å². The maximum atomic E-state index is 13.4. The van der Waals surface area contributed by atoms with Crippen LogP contribution in [-0.2, 0) is 6.54 Å². The lowest BCUT2D eigenvalue weighted by Crippen LogP contribution is -2.31. The molecule has 1 aromatic carbocycles. The largest absolute Gasteiger partial charge is 0.271 e. The molecule has 21 heavy (non-hydrogen) atoms. The summed E-state index contributed by atoms with van der Waals surface area (Å²) in [4.78, 5) is 0. The number of nitrogens with one attached hydrogen (secondary N) is 1.